The summed E-state index contributed by atoms with van der Waals surface area (Å²) in [5.74, 6) is -0.0619. The Bertz CT molecular complexity index is 1010. The van der Waals surface area contributed by atoms with E-state index in [1.165, 1.54) is 0 Å². The van der Waals surface area contributed by atoms with E-state index in [1.54, 1.807) is 0 Å². The lowest BCUT2D eigenvalue weighted by Gasteiger charge is -2.18. The first kappa shape index (κ1) is 22.6. The maximum atomic E-state index is 13.2. The molecule has 1 N–H and O–H groups in total. The second-order valence-corrected chi connectivity index (χ2v) is 7.92. The predicted octanol–water partition coefficient (Wildman–Crippen LogP) is 6.08. The quantitative estimate of drug-likeness (QED) is 0.360. The molecule has 31 heavy (non-hydrogen) atoms. The lowest BCUT2D eigenvalue weighted by Crippen LogP contribution is -2.15. The van der Waals surface area contributed by atoms with Gasteiger partial charge in [0.1, 0.15) is 5.75 Å². The van der Waals surface area contributed by atoms with Crippen LogP contribution in [0.15, 0.2) is 54.7 Å². The van der Waals surface area contributed by atoms with Gasteiger partial charge in [0.25, 0.3) is 0 Å². The van der Waals surface area contributed by atoms with Crippen LogP contribution in [0.5, 0.6) is 5.75 Å². The number of carbonyl (C=O) groups is 2. The SMILES string of the molecule is CCCC(CCC)Oc1ccc(C(=O)c2cn(CCCC(=O)O)c3ccccc23)cc1. The van der Waals surface area contributed by atoms with Gasteiger partial charge >= 0.3 is 5.97 Å². The van der Waals surface area contributed by atoms with Crippen molar-refractivity contribution in [1.29, 1.82) is 0 Å². The molecular formula is C26H31NO4. The summed E-state index contributed by atoms with van der Waals surface area (Å²) >= 11 is 0. The fourth-order valence-corrected chi connectivity index (χ4v) is 3.95. The van der Waals surface area contributed by atoms with Gasteiger partial charge in [0.15, 0.2) is 5.78 Å². The van der Waals surface area contributed by atoms with Gasteiger partial charge in [-0.3, -0.25) is 9.59 Å². The normalized spacial score (nSPS) is 11.2. The number of benzene rings is 2. The molecule has 0 unspecified atom stereocenters. The Morgan fingerprint density at radius 3 is 2.32 bits per heavy atom. The number of fused-ring (bicyclic) bond motifs is 1. The van der Waals surface area contributed by atoms with Crippen molar-refractivity contribution in [3.8, 4) is 5.75 Å². The van der Waals surface area contributed by atoms with Crippen LogP contribution in [0.1, 0.15) is 68.3 Å². The molecule has 1 aromatic heterocycles. The number of ether oxygens (including phenoxy) is 1. The van der Waals surface area contributed by atoms with E-state index < -0.39 is 5.97 Å². The number of ketones is 1. The molecule has 164 valence electrons. The molecule has 5 heteroatoms. The number of aliphatic carboxylic acids is 1. The van der Waals surface area contributed by atoms with Gasteiger partial charge in [-0.2, -0.15) is 0 Å². The van der Waals surface area contributed by atoms with Crippen molar-refractivity contribution in [2.45, 2.75) is 65.0 Å². The second kappa shape index (κ2) is 10.8. The lowest BCUT2D eigenvalue weighted by molar-refractivity contribution is -0.137. The Morgan fingerprint density at radius 1 is 1.00 bits per heavy atom. The Kier molecular flexibility index (Phi) is 7.88. The van der Waals surface area contributed by atoms with Gasteiger partial charge in [-0.1, -0.05) is 44.9 Å². The smallest absolute Gasteiger partial charge is 0.303 e. The van der Waals surface area contributed by atoms with Crippen LogP contribution in [0.2, 0.25) is 0 Å². The van der Waals surface area contributed by atoms with Crippen LogP contribution in [0, 0.1) is 0 Å². The molecule has 1 heterocycles. The number of carboxylic acids is 1. The lowest BCUT2D eigenvalue weighted by atomic mass is 10.0. The number of hydrogen-bond acceptors (Lipinski definition) is 3. The van der Waals surface area contributed by atoms with Gasteiger partial charge in [0.05, 0.1) is 6.10 Å². The van der Waals surface area contributed by atoms with Gasteiger partial charge < -0.3 is 14.4 Å². The summed E-state index contributed by atoms with van der Waals surface area (Å²) in [6.07, 6.45) is 6.89. The van der Waals surface area contributed by atoms with E-state index in [9.17, 15) is 9.59 Å². The van der Waals surface area contributed by atoms with Crippen molar-refractivity contribution in [2.75, 3.05) is 0 Å². The zero-order valence-corrected chi connectivity index (χ0v) is 18.3. The average molecular weight is 422 g/mol. The van der Waals surface area contributed by atoms with Crippen molar-refractivity contribution in [3.63, 3.8) is 0 Å². The molecule has 0 saturated heterocycles. The molecule has 0 spiro atoms. The Labute approximate surface area is 183 Å². The molecule has 0 amide bonds. The highest BCUT2D eigenvalue weighted by Gasteiger charge is 2.17. The van der Waals surface area contributed by atoms with Crippen molar-refractivity contribution in [1.82, 2.24) is 4.57 Å². The minimum absolute atomic E-state index is 0.0431. The summed E-state index contributed by atoms with van der Waals surface area (Å²) in [6.45, 7) is 4.88. The van der Waals surface area contributed by atoms with E-state index in [0.29, 0.717) is 24.1 Å². The third-order valence-electron chi connectivity index (χ3n) is 5.46. The summed E-state index contributed by atoms with van der Waals surface area (Å²) in [5.41, 5.74) is 2.19. The maximum Gasteiger partial charge on any atom is 0.303 e. The van der Waals surface area contributed by atoms with Crippen LogP contribution in [0.4, 0.5) is 0 Å². The molecule has 0 saturated carbocycles. The maximum absolute atomic E-state index is 13.2. The zero-order valence-electron chi connectivity index (χ0n) is 18.3. The van der Waals surface area contributed by atoms with E-state index in [2.05, 4.69) is 13.8 Å². The number of carboxylic acid groups (broad SMARTS) is 1. The summed E-state index contributed by atoms with van der Waals surface area (Å²) < 4.78 is 8.09. The largest absolute Gasteiger partial charge is 0.490 e. The average Bonchev–Trinajstić information content (AvgIpc) is 3.13. The van der Waals surface area contributed by atoms with Crippen LogP contribution in [-0.2, 0) is 11.3 Å². The Balaban J connectivity index is 1.80. The van der Waals surface area contributed by atoms with Crippen LogP contribution >= 0.6 is 0 Å². The van der Waals surface area contributed by atoms with Crippen LogP contribution < -0.4 is 4.74 Å². The summed E-state index contributed by atoms with van der Waals surface area (Å²) in [6, 6.07) is 15.1. The second-order valence-electron chi connectivity index (χ2n) is 7.92. The highest BCUT2D eigenvalue weighted by atomic mass is 16.5. The first-order valence-corrected chi connectivity index (χ1v) is 11.1. The molecule has 0 aliphatic rings. The number of carbonyl (C=O) groups excluding carboxylic acids is 1. The summed E-state index contributed by atoms with van der Waals surface area (Å²) in [7, 11) is 0. The summed E-state index contributed by atoms with van der Waals surface area (Å²) in [4.78, 5) is 24.1. The Hall–Kier alpha value is -3.08. The molecule has 0 radical (unpaired) electrons. The monoisotopic (exact) mass is 421 g/mol. The molecule has 0 bridgehead atoms. The van der Waals surface area contributed by atoms with Crippen molar-refractivity contribution in [3.05, 3.63) is 65.9 Å². The molecule has 0 aliphatic heterocycles. The topological polar surface area (TPSA) is 68.5 Å². The highest BCUT2D eigenvalue weighted by molar-refractivity contribution is 6.16. The first-order valence-electron chi connectivity index (χ1n) is 11.1. The van der Waals surface area contributed by atoms with Gasteiger partial charge in [0, 0.05) is 41.2 Å². The minimum atomic E-state index is -0.810. The van der Waals surface area contributed by atoms with E-state index in [1.807, 2.05) is 59.3 Å². The molecule has 5 nitrogen and oxygen atoms in total. The Morgan fingerprint density at radius 2 is 1.68 bits per heavy atom. The fraction of sp³-hybridized carbons (Fsp3) is 0.385. The van der Waals surface area contributed by atoms with Gasteiger partial charge in [-0.25, -0.2) is 0 Å². The van der Waals surface area contributed by atoms with Gasteiger partial charge in [-0.05, 0) is 49.6 Å². The first-order chi connectivity index (χ1) is 15.0. The predicted molar refractivity (Wildman–Crippen MR) is 123 cm³/mol. The molecule has 0 fully saturated rings. The van der Waals surface area contributed by atoms with Crippen LogP contribution in [0.3, 0.4) is 0 Å². The van der Waals surface area contributed by atoms with Gasteiger partial charge in [0.2, 0.25) is 0 Å². The van der Waals surface area contributed by atoms with E-state index >= 15 is 0 Å². The zero-order chi connectivity index (χ0) is 22.2. The summed E-state index contributed by atoms with van der Waals surface area (Å²) in [5, 5.41) is 9.79. The highest BCUT2D eigenvalue weighted by Crippen LogP contribution is 2.26. The number of rotatable bonds is 12. The van der Waals surface area contributed by atoms with Crippen LogP contribution in [0.25, 0.3) is 10.9 Å². The third-order valence-corrected chi connectivity index (χ3v) is 5.46. The molecule has 0 aliphatic carbocycles. The van der Waals surface area contributed by atoms with E-state index in [0.717, 1.165) is 42.3 Å². The fourth-order valence-electron chi connectivity index (χ4n) is 3.95. The van der Waals surface area contributed by atoms with Crippen molar-refractivity contribution >= 4 is 22.7 Å². The molecule has 0 atom stereocenters. The number of aryl methyl sites for hydroxylation is 1. The number of hydrogen-bond donors (Lipinski definition) is 1. The van der Waals surface area contributed by atoms with Crippen molar-refractivity contribution < 1.29 is 19.4 Å². The number of aromatic nitrogens is 1. The van der Waals surface area contributed by atoms with E-state index in [-0.39, 0.29) is 18.3 Å². The molecule has 2 aromatic carbocycles. The molecular weight excluding hydrogens is 390 g/mol. The minimum Gasteiger partial charge on any atom is -0.490 e. The van der Waals surface area contributed by atoms with E-state index in [4.69, 9.17) is 9.84 Å². The van der Waals surface area contributed by atoms with Gasteiger partial charge in [-0.15, -0.1) is 0 Å². The number of para-hydroxylation sites is 1. The third kappa shape index (κ3) is 5.75. The standard InChI is InChI=1S/C26H31NO4/c1-3-8-20(9-4-2)31-21-15-13-19(14-16-21)26(30)23-18-27(17-7-12-25(28)29)24-11-6-5-10-22(23)24/h5-6,10-11,13-16,18,20H,3-4,7-9,12,17H2,1-2H3,(H,28,29). The van der Waals surface area contributed by atoms with Crippen molar-refractivity contribution in [2.24, 2.45) is 0 Å². The molecule has 3 rings (SSSR count). The number of nitrogens with zero attached hydrogens (tertiary/aromatic N) is 1. The molecule has 3 aromatic rings. The van der Waals surface area contributed by atoms with Crippen LogP contribution in [-0.4, -0.2) is 27.5 Å².